The molecule has 0 bridgehead atoms. The first-order valence-electron chi connectivity index (χ1n) is 5.92. The highest BCUT2D eigenvalue weighted by molar-refractivity contribution is 5.79. The molecule has 0 saturated heterocycles. The average Bonchev–Trinajstić information content (AvgIpc) is 2.82. The Kier molecular flexibility index (Phi) is 2.83. The molecule has 0 aromatic carbocycles. The fourth-order valence-corrected chi connectivity index (χ4v) is 1.86. The van der Waals surface area contributed by atoms with Gasteiger partial charge < -0.3 is 4.74 Å². The van der Waals surface area contributed by atoms with Crippen molar-refractivity contribution in [2.24, 2.45) is 7.05 Å². The lowest BCUT2D eigenvalue weighted by Gasteiger charge is -2.05. The molecule has 6 nitrogen and oxygen atoms in total. The smallest absolute Gasteiger partial charge is 0.317 e. The van der Waals surface area contributed by atoms with E-state index in [-0.39, 0.29) is 0 Å². The fourth-order valence-electron chi connectivity index (χ4n) is 1.86. The largest absolute Gasteiger partial charge is 0.457 e. The Labute approximate surface area is 110 Å². The van der Waals surface area contributed by atoms with Crippen molar-refractivity contribution < 1.29 is 4.74 Å². The molecule has 3 aromatic rings. The average molecular weight is 255 g/mol. The molecule has 6 heteroatoms. The van der Waals surface area contributed by atoms with Crippen LogP contribution in [-0.4, -0.2) is 24.7 Å². The number of nitrogens with zero attached hydrogens (tertiary/aromatic N) is 5. The highest BCUT2D eigenvalue weighted by Gasteiger charge is 2.06. The lowest BCUT2D eigenvalue weighted by molar-refractivity contribution is 0.276. The van der Waals surface area contributed by atoms with Crippen molar-refractivity contribution in [1.82, 2.24) is 24.7 Å². The van der Waals surface area contributed by atoms with E-state index in [0.29, 0.717) is 12.6 Å². The van der Waals surface area contributed by atoms with Gasteiger partial charge in [-0.15, -0.1) is 0 Å². The second-order valence-corrected chi connectivity index (χ2v) is 4.25. The van der Waals surface area contributed by atoms with Crippen LogP contribution in [0.15, 0.2) is 30.7 Å². The van der Waals surface area contributed by atoms with Crippen LogP contribution < -0.4 is 4.74 Å². The standard InChI is InChI=1S/C13H13N5O/c1-9-11-3-5-14-7-12(11)16-13(15-9)19-8-10-4-6-18(2)17-10/h3-7H,8H2,1-2H3. The Morgan fingerprint density at radius 2 is 2.16 bits per heavy atom. The second kappa shape index (κ2) is 4.64. The fraction of sp³-hybridized carbons (Fsp3) is 0.231. The van der Waals surface area contributed by atoms with Gasteiger partial charge in [-0.1, -0.05) is 0 Å². The Bertz CT molecular complexity index is 722. The number of aromatic nitrogens is 5. The summed E-state index contributed by atoms with van der Waals surface area (Å²) in [5.41, 5.74) is 2.50. The van der Waals surface area contributed by atoms with Crippen LogP contribution in [0, 0.1) is 6.92 Å². The number of fused-ring (bicyclic) bond motifs is 1. The zero-order chi connectivity index (χ0) is 13.2. The first-order valence-corrected chi connectivity index (χ1v) is 5.92. The maximum absolute atomic E-state index is 5.57. The number of hydrogen-bond acceptors (Lipinski definition) is 5. The predicted octanol–water partition coefficient (Wildman–Crippen LogP) is 1.65. The highest BCUT2D eigenvalue weighted by atomic mass is 16.5. The van der Waals surface area contributed by atoms with Crippen molar-refractivity contribution in [2.45, 2.75) is 13.5 Å². The summed E-state index contributed by atoms with van der Waals surface area (Å²) < 4.78 is 7.30. The topological polar surface area (TPSA) is 65.7 Å². The quantitative estimate of drug-likeness (QED) is 0.712. The van der Waals surface area contributed by atoms with Gasteiger partial charge in [-0.05, 0) is 19.1 Å². The SMILES string of the molecule is Cc1nc(OCc2ccn(C)n2)nc2cnccc12. The number of pyridine rings is 1. The van der Waals surface area contributed by atoms with Crippen LogP contribution in [0.2, 0.25) is 0 Å². The van der Waals surface area contributed by atoms with Gasteiger partial charge >= 0.3 is 6.01 Å². The second-order valence-electron chi connectivity index (χ2n) is 4.25. The third kappa shape index (κ3) is 2.37. The number of aryl methyl sites for hydroxylation is 2. The summed E-state index contributed by atoms with van der Waals surface area (Å²) in [6, 6.07) is 4.14. The first-order chi connectivity index (χ1) is 9.22. The van der Waals surface area contributed by atoms with Crippen LogP contribution in [0.1, 0.15) is 11.4 Å². The molecule has 0 aliphatic carbocycles. The summed E-state index contributed by atoms with van der Waals surface area (Å²) in [7, 11) is 1.87. The van der Waals surface area contributed by atoms with Crippen LogP contribution in [0.4, 0.5) is 0 Å². The molecular formula is C13H13N5O. The van der Waals surface area contributed by atoms with Crippen LogP contribution in [-0.2, 0) is 13.7 Å². The van der Waals surface area contributed by atoms with Crippen molar-refractivity contribution >= 4 is 10.9 Å². The van der Waals surface area contributed by atoms with Gasteiger partial charge in [0.05, 0.1) is 23.1 Å². The van der Waals surface area contributed by atoms with Crippen LogP contribution in [0.25, 0.3) is 10.9 Å². The van der Waals surface area contributed by atoms with E-state index < -0.39 is 0 Å². The van der Waals surface area contributed by atoms with Gasteiger partial charge in [-0.3, -0.25) is 9.67 Å². The molecule has 0 atom stereocenters. The molecule has 0 amide bonds. The van der Waals surface area contributed by atoms with E-state index in [2.05, 4.69) is 20.1 Å². The Morgan fingerprint density at radius 3 is 2.95 bits per heavy atom. The van der Waals surface area contributed by atoms with Gasteiger partial charge in [-0.25, -0.2) is 0 Å². The highest BCUT2D eigenvalue weighted by Crippen LogP contribution is 2.17. The summed E-state index contributed by atoms with van der Waals surface area (Å²) in [5, 5.41) is 5.22. The van der Waals surface area contributed by atoms with Gasteiger partial charge in [0.1, 0.15) is 6.61 Å². The molecule has 0 N–H and O–H groups in total. The summed E-state index contributed by atoms with van der Waals surface area (Å²) in [4.78, 5) is 12.7. The van der Waals surface area contributed by atoms with Crippen LogP contribution in [0.3, 0.4) is 0 Å². The van der Waals surface area contributed by atoms with Gasteiger partial charge in [0.25, 0.3) is 0 Å². The summed E-state index contributed by atoms with van der Waals surface area (Å²) in [6.07, 6.45) is 5.31. The zero-order valence-corrected chi connectivity index (χ0v) is 10.7. The molecule has 0 saturated carbocycles. The van der Waals surface area contributed by atoms with E-state index in [0.717, 1.165) is 22.3 Å². The molecular weight excluding hydrogens is 242 g/mol. The maximum atomic E-state index is 5.57. The van der Waals surface area contributed by atoms with Gasteiger partial charge in [-0.2, -0.15) is 15.1 Å². The lowest BCUT2D eigenvalue weighted by Crippen LogP contribution is -2.02. The van der Waals surface area contributed by atoms with E-state index >= 15 is 0 Å². The van der Waals surface area contributed by atoms with Crippen LogP contribution in [0.5, 0.6) is 6.01 Å². The van der Waals surface area contributed by atoms with Crippen LogP contribution >= 0.6 is 0 Å². The Hall–Kier alpha value is -2.50. The first kappa shape index (κ1) is 11.6. The third-order valence-electron chi connectivity index (χ3n) is 2.79. The van der Waals surface area contributed by atoms with E-state index in [1.165, 1.54) is 0 Å². The molecule has 0 spiro atoms. The maximum Gasteiger partial charge on any atom is 0.317 e. The third-order valence-corrected chi connectivity index (χ3v) is 2.79. The molecule has 0 aliphatic rings. The normalized spacial score (nSPS) is 10.8. The number of rotatable bonds is 3. The van der Waals surface area contributed by atoms with Crippen molar-refractivity contribution in [1.29, 1.82) is 0 Å². The number of hydrogen-bond donors (Lipinski definition) is 0. The van der Waals surface area contributed by atoms with E-state index in [9.17, 15) is 0 Å². The summed E-state index contributed by atoms with van der Waals surface area (Å²) >= 11 is 0. The molecule has 19 heavy (non-hydrogen) atoms. The Morgan fingerprint density at radius 1 is 1.26 bits per heavy atom. The Balaban J connectivity index is 1.85. The van der Waals surface area contributed by atoms with Gasteiger partial charge in [0.15, 0.2) is 0 Å². The van der Waals surface area contributed by atoms with Crippen molar-refractivity contribution in [3.8, 4) is 6.01 Å². The number of ether oxygens (including phenoxy) is 1. The minimum absolute atomic E-state index is 0.351. The molecule has 0 unspecified atom stereocenters. The zero-order valence-electron chi connectivity index (χ0n) is 10.7. The molecule has 3 aromatic heterocycles. The monoisotopic (exact) mass is 255 g/mol. The molecule has 3 heterocycles. The molecule has 0 radical (unpaired) electrons. The molecule has 96 valence electrons. The summed E-state index contributed by atoms with van der Waals surface area (Å²) in [5.74, 6) is 0. The summed E-state index contributed by atoms with van der Waals surface area (Å²) in [6.45, 7) is 2.28. The van der Waals surface area contributed by atoms with Gasteiger partial charge in [0.2, 0.25) is 0 Å². The molecule has 3 rings (SSSR count). The predicted molar refractivity (Wildman–Crippen MR) is 69.6 cm³/mol. The minimum Gasteiger partial charge on any atom is -0.457 e. The molecule has 0 aliphatic heterocycles. The van der Waals surface area contributed by atoms with E-state index in [1.54, 1.807) is 17.1 Å². The minimum atomic E-state index is 0.351. The molecule has 0 fully saturated rings. The van der Waals surface area contributed by atoms with Crippen molar-refractivity contribution in [3.63, 3.8) is 0 Å². The van der Waals surface area contributed by atoms with Crippen molar-refractivity contribution in [2.75, 3.05) is 0 Å². The lowest BCUT2D eigenvalue weighted by atomic mass is 10.2. The van der Waals surface area contributed by atoms with Gasteiger partial charge in [0, 0.05) is 24.8 Å². The van der Waals surface area contributed by atoms with Crippen molar-refractivity contribution in [3.05, 3.63) is 42.1 Å². The van der Waals surface area contributed by atoms with E-state index in [1.807, 2.05) is 32.3 Å². The van der Waals surface area contributed by atoms with E-state index in [4.69, 9.17) is 4.74 Å².